The van der Waals surface area contributed by atoms with Crippen molar-refractivity contribution in [1.82, 2.24) is 0 Å². The van der Waals surface area contributed by atoms with Crippen LogP contribution in [0.1, 0.15) is 17.3 Å². The first-order valence-corrected chi connectivity index (χ1v) is 5.04. The van der Waals surface area contributed by atoms with Crippen molar-refractivity contribution in [2.75, 3.05) is 0 Å². The van der Waals surface area contributed by atoms with Crippen LogP contribution in [-0.2, 0) is 4.79 Å². The van der Waals surface area contributed by atoms with Crippen molar-refractivity contribution >= 4 is 33.2 Å². The predicted octanol–water partition coefficient (Wildman–Crippen LogP) is 1.39. The Kier molecular flexibility index (Phi) is 3.25. The number of amides is 1. The average Bonchev–Trinajstić information content (AvgIpc) is 2.34. The zero-order valence-electron chi connectivity index (χ0n) is 6.29. The van der Waals surface area contributed by atoms with Gasteiger partial charge in [0.2, 0.25) is 5.91 Å². The van der Waals surface area contributed by atoms with Crippen LogP contribution < -0.4 is 11.5 Å². The summed E-state index contributed by atoms with van der Waals surface area (Å²) in [6.07, 6.45) is 0.201. The lowest BCUT2D eigenvalue weighted by atomic mass is 10.2. The summed E-state index contributed by atoms with van der Waals surface area (Å²) in [6, 6.07) is 1.64. The third kappa shape index (κ3) is 2.58. The van der Waals surface area contributed by atoms with Gasteiger partial charge >= 0.3 is 0 Å². The lowest BCUT2D eigenvalue weighted by Gasteiger charge is -2.04. The van der Waals surface area contributed by atoms with E-state index in [0.717, 1.165) is 9.35 Å². The van der Waals surface area contributed by atoms with Gasteiger partial charge in [0.25, 0.3) is 0 Å². The normalized spacial score (nSPS) is 12.8. The molecule has 0 fully saturated rings. The van der Waals surface area contributed by atoms with E-state index in [1.807, 2.05) is 11.4 Å². The van der Waals surface area contributed by atoms with E-state index in [1.54, 1.807) is 0 Å². The molecule has 12 heavy (non-hydrogen) atoms. The third-order valence-electron chi connectivity index (χ3n) is 1.37. The molecule has 0 aliphatic heterocycles. The number of hydrogen-bond acceptors (Lipinski definition) is 3. The van der Waals surface area contributed by atoms with Crippen LogP contribution in [0.3, 0.4) is 0 Å². The van der Waals surface area contributed by atoms with E-state index in [2.05, 4.69) is 15.9 Å². The van der Waals surface area contributed by atoms with Gasteiger partial charge in [0, 0.05) is 27.2 Å². The Balaban J connectivity index is 2.64. The number of thiophene rings is 1. The molecular weight excluding hydrogens is 240 g/mol. The van der Waals surface area contributed by atoms with Gasteiger partial charge in [-0.3, -0.25) is 4.79 Å². The molecule has 1 aromatic rings. The number of hydrogen-bond donors (Lipinski definition) is 2. The van der Waals surface area contributed by atoms with Crippen molar-refractivity contribution in [2.45, 2.75) is 12.5 Å². The maximum Gasteiger partial charge on any atom is 0.219 e. The molecule has 4 N–H and O–H groups in total. The van der Waals surface area contributed by atoms with Gasteiger partial charge in [-0.2, -0.15) is 0 Å². The first-order valence-electron chi connectivity index (χ1n) is 3.37. The molecule has 0 spiro atoms. The molecule has 3 nitrogen and oxygen atoms in total. The molecule has 0 unspecified atom stereocenters. The van der Waals surface area contributed by atoms with E-state index < -0.39 is 0 Å². The largest absolute Gasteiger partial charge is 0.370 e. The Morgan fingerprint density at radius 2 is 2.42 bits per heavy atom. The van der Waals surface area contributed by atoms with Gasteiger partial charge in [-0.25, -0.2) is 0 Å². The van der Waals surface area contributed by atoms with Crippen LogP contribution in [0.25, 0.3) is 0 Å². The molecule has 0 aromatic carbocycles. The minimum absolute atomic E-state index is 0.201. The molecule has 1 aromatic heterocycles. The highest BCUT2D eigenvalue weighted by Crippen LogP contribution is 2.25. The van der Waals surface area contributed by atoms with Crippen LogP contribution in [0, 0.1) is 0 Å². The molecule has 1 atom stereocenters. The van der Waals surface area contributed by atoms with E-state index in [9.17, 15) is 4.79 Å². The first kappa shape index (κ1) is 9.70. The highest BCUT2D eigenvalue weighted by atomic mass is 79.9. The van der Waals surface area contributed by atoms with Gasteiger partial charge in [-0.1, -0.05) is 0 Å². The topological polar surface area (TPSA) is 69.1 Å². The van der Waals surface area contributed by atoms with Gasteiger partial charge < -0.3 is 11.5 Å². The second kappa shape index (κ2) is 4.02. The number of carbonyl (C=O) groups excluding carboxylic acids is 1. The summed E-state index contributed by atoms with van der Waals surface area (Å²) in [4.78, 5) is 11.5. The molecule has 0 radical (unpaired) electrons. The second-order valence-corrected chi connectivity index (χ2v) is 4.30. The third-order valence-corrected chi connectivity index (χ3v) is 3.20. The molecule has 1 amide bonds. The molecular formula is C7H9BrN2OS. The van der Waals surface area contributed by atoms with Crippen LogP contribution in [0.15, 0.2) is 15.9 Å². The molecule has 0 saturated carbocycles. The SMILES string of the molecule is NC(=O)C[C@@H](N)c1cc(Br)cs1. The zero-order valence-corrected chi connectivity index (χ0v) is 8.69. The van der Waals surface area contributed by atoms with Crippen molar-refractivity contribution in [3.05, 3.63) is 20.8 Å². The lowest BCUT2D eigenvalue weighted by molar-refractivity contribution is -0.118. The Morgan fingerprint density at radius 3 is 2.83 bits per heavy atom. The van der Waals surface area contributed by atoms with Crippen LogP contribution >= 0.6 is 27.3 Å². The molecule has 66 valence electrons. The van der Waals surface area contributed by atoms with E-state index >= 15 is 0 Å². The van der Waals surface area contributed by atoms with Crippen molar-refractivity contribution in [2.24, 2.45) is 11.5 Å². The average molecular weight is 249 g/mol. The minimum Gasteiger partial charge on any atom is -0.370 e. The Hall–Kier alpha value is -0.390. The molecule has 0 saturated heterocycles. The number of rotatable bonds is 3. The number of carbonyl (C=O) groups is 1. The molecule has 0 bridgehead atoms. The monoisotopic (exact) mass is 248 g/mol. The van der Waals surface area contributed by atoms with Crippen molar-refractivity contribution in [3.8, 4) is 0 Å². The van der Waals surface area contributed by atoms with Crippen LogP contribution in [-0.4, -0.2) is 5.91 Å². The van der Waals surface area contributed by atoms with Gasteiger partial charge in [0.05, 0.1) is 0 Å². The van der Waals surface area contributed by atoms with Crippen LogP contribution in [0.2, 0.25) is 0 Å². The summed E-state index contributed by atoms with van der Waals surface area (Å²) in [5.74, 6) is -0.368. The lowest BCUT2D eigenvalue weighted by Crippen LogP contribution is -2.19. The van der Waals surface area contributed by atoms with Gasteiger partial charge in [-0.05, 0) is 22.0 Å². The maximum absolute atomic E-state index is 10.5. The fraction of sp³-hybridized carbons (Fsp3) is 0.286. The molecule has 0 aliphatic carbocycles. The summed E-state index contributed by atoms with van der Waals surface area (Å²) in [7, 11) is 0. The summed E-state index contributed by atoms with van der Waals surface area (Å²) in [6.45, 7) is 0. The molecule has 5 heteroatoms. The number of nitrogens with two attached hydrogens (primary N) is 2. The van der Waals surface area contributed by atoms with Crippen LogP contribution in [0.4, 0.5) is 0 Å². The highest BCUT2D eigenvalue weighted by Gasteiger charge is 2.10. The smallest absolute Gasteiger partial charge is 0.219 e. The quantitative estimate of drug-likeness (QED) is 0.849. The first-order chi connectivity index (χ1) is 5.59. The maximum atomic E-state index is 10.5. The standard InChI is InChI=1S/C7H9BrN2OS/c8-4-1-6(12-3-4)5(9)2-7(10)11/h1,3,5H,2,9H2,(H2,10,11)/t5-/m1/s1. The Morgan fingerprint density at radius 1 is 1.75 bits per heavy atom. The summed E-state index contributed by atoms with van der Waals surface area (Å²) < 4.78 is 0.988. The highest BCUT2D eigenvalue weighted by molar-refractivity contribution is 9.10. The van der Waals surface area contributed by atoms with E-state index in [-0.39, 0.29) is 18.4 Å². The van der Waals surface area contributed by atoms with E-state index in [4.69, 9.17) is 11.5 Å². The second-order valence-electron chi connectivity index (χ2n) is 2.44. The number of halogens is 1. The van der Waals surface area contributed by atoms with Gasteiger partial charge in [0.1, 0.15) is 0 Å². The Labute approximate surface area is 82.9 Å². The van der Waals surface area contributed by atoms with E-state index in [0.29, 0.717) is 0 Å². The number of primary amides is 1. The summed E-state index contributed by atoms with van der Waals surface area (Å²) in [5.41, 5.74) is 10.7. The summed E-state index contributed by atoms with van der Waals surface area (Å²) >= 11 is 4.83. The van der Waals surface area contributed by atoms with Crippen molar-refractivity contribution in [1.29, 1.82) is 0 Å². The summed E-state index contributed by atoms with van der Waals surface area (Å²) in [5, 5.41) is 1.93. The van der Waals surface area contributed by atoms with Crippen molar-refractivity contribution in [3.63, 3.8) is 0 Å². The van der Waals surface area contributed by atoms with Gasteiger partial charge in [-0.15, -0.1) is 11.3 Å². The molecule has 1 heterocycles. The van der Waals surface area contributed by atoms with Crippen LogP contribution in [0.5, 0.6) is 0 Å². The zero-order chi connectivity index (χ0) is 9.14. The molecule has 1 rings (SSSR count). The fourth-order valence-electron chi connectivity index (χ4n) is 0.840. The fourth-order valence-corrected chi connectivity index (χ4v) is 2.29. The van der Waals surface area contributed by atoms with E-state index in [1.165, 1.54) is 11.3 Å². The van der Waals surface area contributed by atoms with Crippen molar-refractivity contribution < 1.29 is 4.79 Å². The molecule has 0 aliphatic rings. The Bertz CT molecular complexity index is 287. The predicted molar refractivity (Wildman–Crippen MR) is 52.8 cm³/mol. The van der Waals surface area contributed by atoms with Gasteiger partial charge in [0.15, 0.2) is 0 Å². The minimum atomic E-state index is -0.368.